The van der Waals surface area contributed by atoms with E-state index in [0.717, 1.165) is 23.1 Å². The molecule has 0 radical (unpaired) electrons. The fourth-order valence-corrected chi connectivity index (χ4v) is 2.15. The van der Waals surface area contributed by atoms with Gasteiger partial charge in [-0.2, -0.15) is 0 Å². The van der Waals surface area contributed by atoms with Crippen molar-refractivity contribution in [1.82, 2.24) is 0 Å². The number of benzene rings is 2. The fraction of sp³-hybridized carbons (Fsp3) is 0.143. The Kier molecular flexibility index (Phi) is 3.38. The van der Waals surface area contributed by atoms with Gasteiger partial charge in [-0.05, 0) is 64.2 Å². The van der Waals surface area contributed by atoms with E-state index in [1.165, 1.54) is 0 Å². The van der Waals surface area contributed by atoms with Crippen LogP contribution < -0.4 is 0 Å². The number of halogens is 1. The SMILES string of the molecule is Cc1cc(Cc2ccc(O)c(Br)c2)ccc1O. The molecule has 0 spiro atoms. The molecule has 0 amide bonds. The third-order valence-electron chi connectivity index (χ3n) is 2.68. The van der Waals surface area contributed by atoms with Crippen molar-refractivity contribution in [3.05, 3.63) is 57.6 Å². The van der Waals surface area contributed by atoms with Gasteiger partial charge in [0.25, 0.3) is 0 Å². The maximum atomic E-state index is 9.45. The highest BCUT2D eigenvalue weighted by molar-refractivity contribution is 9.10. The van der Waals surface area contributed by atoms with Crippen LogP contribution in [0.15, 0.2) is 40.9 Å². The molecule has 0 fully saturated rings. The first kappa shape index (κ1) is 12.0. The van der Waals surface area contributed by atoms with E-state index in [9.17, 15) is 10.2 Å². The van der Waals surface area contributed by atoms with Crippen molar-refractivity contribution in [3.63, 3.8) is 0 Å². The van der Waals surface area contributed by atoms with E-state index < -0.39 is 0 Å². The van der Waals surface area contributed by atoms with Gasteiger partial charge in [-0.25, -0.2) is 0 Å². The average molecular weight is 293 g/mol. The van der Waals surface area contributed by atoms with Crippen molar-refractivity contribution in [1.29, 1.82) is 0 Å². The van der Waals surface area contributed by atoms with E-state index in [-0.39, 0.29) is 5.75 Å². The second-order valence-electron chi connectivity index (χ2n) is 4.08. The maximum Gasteiger partial charge on any atom is 0.129 e. The Morgan fingerprint density at radius 2 is 1.53 bits per heavy atom. The summed E-state index contributed by atoms with van der Waals surface area (Å²) in [7, 11) is 0. The number of aromatic hydroxyl groups is 2. The van der Waals surface area contributed by atoms with Crippen molar-refractivity contribution in [2.24, 2.45) is 0 Å². The summed E-state index contributed by atoms with van der Waals surface area (Å²) in [6.45, 7) is 1.88. The number of hydrogen-bond donors (Lipinski definition) is 2. The molecule has 0 unspecified atom stereocenters. The second kappa shape index (κ2) is 4.80. The molecule has 88 valence electrons. The van der Waals surface area contributed by atoms with Gasteiger partial charge in [0.2, 0.25) is 0 Å². The molecule has 0 atom stereocenters. The molecule has 17 heavy (non-hydrogen) atoms. The van der Waals surface area contributed by atoms with Crippen LogP contribution in [-0.4, -0.2) is 10.2 Å². The van der Waals surface area contributed by atoms with Gasteiger partial charge in [-0.3, -0.25) is 0 Å². The summed E-state index contributed by atoms with van der Waals surface area (Å²) in [5, 5.41) is 18.9. The molecule has 2 N–H and O–H groups in total. The molecular formula is C14H13BrO2. The summed E-state index contributed by atoms with van der Waals surface area (Å²) in [5.41, 5.74) is 3.12. The van der Waals surface area contributed by atoms with Crippen molar-refractivity contribution in [2.45, 2.75) is 13.3 Å². The molecule has 0 saturated heterocycles. The van der Waals surface area contributed by atoms with Crippen LogP contribution in [0.2, 0.25) is 0 Å². The van der Waals surface area contributed by atoms with Crippen molar-refractivity contribution in [2.75, 3.05) is 0 Å². The van der Waals surface area contributed by atoms with Gasteiger partial charge in [-0.1, -0.05) is 18.2 Å². The van der Waals surface area contributed by atoms with Crippen molar-refractivity contribution >= 4 is 15.9 Å². The zero-order valence-electron chi connectivity index (χ0n) is 9.44. The highest BCUT2D eigenvalue weighted by Crippen LogP contribution is 2.26. The normalized spacial score (nSPS) is 10.5. The zero-order valence-corrected chi connectivity index (χ0v) is 11.0. The Hall–Kier alpha value is -1.48. The van der Waals surface area contributed by atoms with Gasteiger partial charge in [0.05, 0.1) is 4.47 Å². The van der Waals surface area contributed by atoms with Crippen LogP contribution in [0, 0.1) is 6.92 Å². The van der Waals surface area contributed by atoms with Crippen LogP contribution in [-0.2, 0) is 6.42 Å². The second-order valence-corrected chi connectivity index (χ2v) is 4.94. The Morgan fingerprint density at radius 3 is 2.12 bits per heavy atom. The van der Waals surface area contributed by atoms with Crippen LogP contribution in [0.3, 0.4) is 0 Å². The largest absolute Gasteiger partial charge is 0.508 e. The number of rotatable bonds is 2. The quantitative estimate of drug-likeness (QED) is 0.885. The van der Waals surface area contributed by atoms with Gasteiger partial charge in [0.1, 0.15) is 11.5 Å². The van der Waals surface area contributed by atoms with Crippen LogP contribution in [0.4, 0.5) is 0 Å². The predicted molar refractivity (Wildman–Crippen MR) is 71.5 cm³/mol. The van der Waals surface area contributed by atoms with E-state index in [1.54, 1.807) is 12.1 Å². The van der Waals surface area contributed by atoms with Crippen molar-refractivity contribution < 1.29 is 10.2 Å². The summed E-state index contributed by atoms with van der Waals surface area (Å²) in [6.07, 6.45) is 0.778. The Morgan fingerprint density at radius 1 is 0.941 bits per heavy atom. The standard InChI is InChI=1S/C14H13BrO2/c1-9-6-10(2-4-13(9)16)7-11-3-5-14(17)12(15)8-11/h2-6,8,16-17H,7H2,1H3. The number of aryl methyl sites for hydroxylation is 1. The lowest BCUT2D eigenvalue weighted by Gasteiger charge is -2.06. The molecule has 3 heteroatoms. The molecule has 0 bridgehead atoms. The molecule has 0 saturated carbocycles. The summed E-state index contributed by atoms with van der Waals surface area (Å²) in [6, 6.07) is 11.0. The van der Waals surface area contributed by atoms with E-state index in [1.807, 2.05) is 31.2 Å². The van der Waals surface area contributed by atoms with Gasteiger partial charge < -0.3 is 10.2 Å². The minimum Gasteiger partial charge on any atom is -0.508 e. The molecule has 2 aromatic rings. The maximum absolute atomic E-state index is 9.45. The Balaban J connectivity index is 2.25. The summed E-state index contributed by atoms with van der Waals surface area (Å²) < 4.78 is 0.700. The van der Waals surface area contributed by atoms with Crippen molar-refractivity contribution in [3.8, 4) is 11.5 Å². The van der Waals surface area contributed by atoms with Crippen LogP contribution in [0.25, 0.3) is 0 Å². The van der Waals surface area contributed by atoms with Gasteiger partial charge in [0, 0.05) is 0 Å². The number of hydrogen-bond acceptors (Lipinski definition) is 2. The molecule has 0 aliphatic rings. The van der Waals surface area contributed by atoms with Gasteiger partial charge in [0.15, 0.2) is 0 Å². The molecule has 0 heterocycles. The molecular weight excluding hydrogens is 280 g/mol. The number of phenols is 2. The van der Waals surface area contributed by atoms with E-state index in [4.69, 9.17) is 0 Å². The van der Waals surface area contributed by atoms with Gasteiger partial charge >= 0.3 is 0 Å². The lowest BCUT2D eigenvalue weighted by Crippen LogP contribution is -1.89. The first-order valence-electron chi connectivity index (χ1n) is 5.32. The van der Waals surface area contributed by atoms with Crippen LogP contribution in [0.1, 0.15) is 16.7 Å². The topological polar surface area (TPSA) is 40.5 Å². The molecule has 2 nitrogen and oxygen atoms in total. The fourth-order valence-electron chi connectivity index (χ4n) is 1.72. The van der Waals surface area contributed by atoms with Crippen LogP contribution in [0.5, 0.6) is 11.5 Å². The van der Waals surface area contributed by atoms with E-state index in [2.05, 4.69) is 15.9 Å². The number of phenolic OH excluding ortho intramolecular Hbond substituents is 2. The Bertz CT molecular complexity index is 500. The summed E-state index contributed by atoms with van der Waals surface area (Å²) in [4.78, 5) is 0. The molecule has 0 aliphatic carbocycles. The third kappa shape index (κ3) is 2.80. The first-order valence-corrected chi connectivity index (χ1v) is 6.11. The highest BCUT2D eigenvalue weighted by Gasteiger charge is 2.03. The molecule has 0 aromatic heterocycles. The minimum absolute atomic E-state index is 0.246. The monoisotopic (exact) mass is 292 g/mol. The predicted octanol–water partition coefficient (Wildman–Crippen LogP) is 3.76. The molecule has 2 aromatic carbocycles. The van der Waals surface area contributed by atoms with E-state index >= 15 is 0 Å². The van der Waals surface area contributed by atoms with E-state index in [0.29, 0.717) is 10.2 Å². The molecule has 0 aliphatic heterocycles. The lowest BCUT2D eigenvalue weighted by atomic mass is 10.0. The highest BCUT2D eigenvalue weighted by atomic mass is 79.9. The Labute approximate surface area is 109 Å². The van der Waals surface area contributed by atoms with Crippen LogP contribution >= 0.6 is 15.9 Å². The first-order chi connectivity index (χ1) is 8.06. The average Bonchev–Trinajstić information content (AvgIpc) is 2.29. The zero-order chi connectivity index (χ0) is 12.4. The van der Waals surface area contributed by atoms with Gasteiger partial charge in [-0.15, -0.1) is 0 Å². The minimum atomic E-state index is 0.246. The lowest BCUT2D eigenvalue weighted by molar-refractivity contribution is 0.471. The summed E-state index contributed by atoms with van der Waals surface area (Å²) >= 11 is 3.30. The summed E-state index contributed by atoms with van der Waals surface area (Å²) in [5.74, 6) is 0.566. The molecule has 2 rings (SSSR count). The smallest absolute Gasteiger partial charge is 0.129 e. The third-order valence-corrected chi connectivity index (χ3v) is 3.32.